The lowest BCUT2D eigenvalue weighted by molar-refractivity contribution is -0.114. The molecular formula is C22H27N7O3. The predicted molar refractivity (Wildman–Crippen MR) is 123 cm³/mol. The van der Waals surface area contributed by atoms with E-state index >= 15 is 0 Å². The van der Waals surface area contributed by atoms with Gasteiger partial charge < -0.3 is 15.2 Å². The second kappa shape index (κ2) is 9.73. The van der Waals surface area contributed by atoms with Crippen molar-refractivity contribution < 1.29 is 4.79 Å². The van der Waals surface area contributed by atoms with Crippen LogP contribution < -0.4 is 21.5 Å². The van der Waals surface area contributed by atoms with Gasteiger partial charge in [-0.15, -0.1) is 0 Å². The van der Waals surface area contributed by atoms with Gasteiger partial charge in [0.25, 0.3) is 5.56 Å². The average molecular weight is 438 g/mol. The van der Waals surface area contributed by atoms with Gasteiger partial charge in [-0.1, -0.05) is 0 Å². The summed E-state index contributed by atoms with van der Waals surface area (Å²) in [6.07, 6.45) is 5.15. The van der Waals surface area contributed by atoms with E-state index in [0.29, 0.717) is 23.1 Å². The van der Waals surface area contributed by atoms with E-state index in [2.05, 4.69) is 30.1 Å². The normalized spacial score (nSPS) is 14.6. The highest BCUT2D eigenvalue weighted by Crippen LogP contribution is 2.14. The van der Waals surface area contributed by atoms with Crippen molar-refractivity contribution in [3.63, 3.8) is 0 Å². The minimum absolute atomic E-state index is 0.213. The molecule has 0 spiro atoms. The van der Waals surface area contributed by atoms with E-state index in [0.717, 1.165) is 51.5 Å². The first-order chi connectivity index (χ1) is 15.5. The molecule has 1 amide bonds. The number of unbranched alkanes of at least 4 members (excludes halogenated alkanes) is 1. The molecule has 1 saturated heterocycles. The third-order valence-corrected chi connectivity index (χ3v) is 5.62. The number of carbonyl (C=O) groups is 1. The highest BCUT2D eigenvalue weighted by Gasteiger charge is 2.18. The summed E-state index contributed by atoms with van der Waals surface area (Å²) in [5.41, 5.74) is 0.216. The Kier molecular flexibility index (Phi) is 6.60. The molecule has 3 heterocycles. The number of anilines is 2. The number of nitrogens with one attached hydrogen (secondary N) is 2. The van der Waals surface area contributed by atoms with Crippen LogP contribution in [-0.2, 0) is 11.3 Å². The largest absolute Gasteiger partial charge is 0.338 e. The number of carbonyl (C=O) groups excluding carboxylic acids is 1. The zero-order valence-electron chi connectivity index (χ0n) is 18.1. The Morgan fingerprint density at radius 2 is 1.78 bits per heavy atom. The second-order valence-electron chi connectivity index (χ2n) is 7.91. The molecule has 0 bridgehead atoms. The van der Waals surface area contributed by atoms with Gasteiger partial charge in [-0.2, -0.15) is 0 Å². The molecular weight excluding hydrogens is 410 g/mol. The number of benzene rings is 1. The Morgan fingerprint density at radius 1 is 1.06 bits per heavy atom. The van der Waals surface area contributed by atoms with E-state index < -0.39 is 5.69 Å². The van der Waals surface area contributed by atoms with Gasteiger partial charge in [0.1, 0.15) is 0 Å². The molecule has 168 valence electrons. The number of hydrogen-bond donors (Lipinski definition) is 2. The second-order valence-corrected chi connectivity index (χ2v) is 7.91. The van der Waals surface area contributed by atoms with Crippen molar-refractivity contribution >= 4 is 28.4 Å². The lowest BCUT2D eigenvalue weighted by Gasteiger charge is -2.34. The molecule has 0 unspecified atom stereocenters. The van der Waals surface area contributed by atoms with Crippen LogP contribution in [0.5, 0.6) is 0 Å². The number of aromatic nitrogens is 4. The summed E-state index contributed by atoms with van der Waals surface area (Å²) in [6.45, 7) is 6.33. The topological polar surface area (TPSA) is 116 Å². The molecule has 2 aromatic heterocycles. The summed E-state index contributed by atoms with van der Waals surface area (Å²) in [5, 5.41) is 3.08. The Hall–Kier alpha value is -3.53. The van der Waals surface area contributed by atoms with E-state index in [1.807, 2.05) is 6.07 Å². The SMILES string of the molecule is CC(=O)Nc1ccc2c(=O)n(CCCCN3CCN(c4ncccn4)CC3)c(=O)[nH]c2c1. The quantitative estimate of drug-likeness (QED) is 0.531. The molecule has 32 heavy (non-hydrogen) atoms. The van der Waals surface area contributed by atoms with E-state index in [1.165, 1.54) is 11.5 Å². The number of amides is 1. The van der Waals surface area contributed by atoms with Crippen LogP contribution in [0, 0.1) is 0 Å². The van der Waals surface area contributed by atoms with Crippen molar-refractivity contribution in [2.45, 2.75) is 26.3 Å². The highest BCUT2D eigenvalue weighted by atomic mass is 16.2. The van der Waals surface area contributed by atoms with Crippen molar-refractivity contribution in [3.8, 4) is 0 Å². The lowest BCUT2D eigenvalue weighted by Crippen LogP contribution is -2.47. The maximum absolute atomic E-state index is 12.8. The monoisotopic (exact) mass is 437 g/mol. The zero-order valence-corrected chi connectivity index (χ0v) is 18.1. The fraction of sp³-hybridized carbons (Fsp3) is 0.409. The molecule has 1 aliphatic heterocycles. The average Bonchev–Trinajstić information content (AvgIpc) is 2.79. The van der Waals surface area contributed by atoms with Gasteiger partial charge in [0.15, 0.2) is 0 Å². The molecule has 0 saturated carbocycles. The van der Waals surface area contributed by atoms with Crippen LogP contribution in [0.3, 0.4) is 0 Å². The van der Waals surface area contributed by atoms with Crippen LogP contribution in [0.15, 0.2) is 46.2 Å². The van der Waals surface area contributed by atoms with Crippen LogP contribution >= 0.6 is 0 Å². The zero-order chi connectivity index (χ0) is 22.5. The number of aromatic amines is 1. The number of rotatable bonds is 7. The predicted octanol–water partition coefficient (Wildman–Crippen LogP) is 1.04. The standard InChI is InChI=1S/C22H27N7O3/c1-16(30)25-17-5-6-18-19(15-17)26-22(32)29(20(18)31)10-3-2-9-27-11-13-28(14-12-27)21-23-7-4-8-24-21/h4-8,15H,2-3,9-14H2,1H3,(H,25,30)(H,26,32). The minimum atomic E-state index is -0.432. The van der Waals surface area contributed by atoms with Crippen molar-refractivity contribution in [1.82, 2.24) is 24.4 Å². The summed E-state index contributed by atoms with van der Waals surface area (Å²) in [6, 6.07) is 6.71. The minimum Gasteiger partial charge on any atom is -0.338 e. The summed E-state index contributed by atoms with van der Waals surface area (Å²) in [5.74, 6) is 0.557. The van der Waals surface area contributed by atoms with E-state index in [9.17, 15) is 14.4 Å². The molecule has 0 aliphatic carbocycles. The number of H-pyrrole nitrogens is 1. The summed E-state index contributed by atoms with van der Waals surface area (Å²) in [7, 11) is 0. The first-order valence-corrected chi connectivity index (χ1v) is 10.8. The van der Waals surface area contributed by atoms with Crippen LogP contribution in [-0.4, -0.2) is 63.0 Å². The number of piperazine rings is 1. The first kappa shape index (κ1) is 21.7. The molecule has 3 aromatic rings. The van der Waals surface area contributed by atoms with E-state index in [4.69, 9.17) is 0 Å². The Bertz CT molecular complexity index is 1200. The third-order valence-electron chi connectivity index (χ3n) is 5.62. The summed E-state index contributed by atoms with van der Waals surface area (Å²) >= 11 is 0. The molecule has 1 aromatic carbocycles. The molecule has 0 atom stereocenters. The molecule has 4 rings (SSSR count). The summed E-state index contributed by atoms with van der Waals surface area (Å²) < 4.78 is 1.26. The highest BCUT2D eigenvalue weighted by molar-refractivity contribution is 5.91. The molecule has 10 heteroatoms. The molecule has 0 radical (unpaired) electrons. The summed E-state index contributed by atoms with van der Waals surface area (Å²) in [4.78, 5) is 52.4. The van der Waals surface area contributed by atoms with Crippen LogP contribution in [0.25, 0.3) is 10.9 Å². The van der Waals surface area contributed by atoms with Gasteiger partial charge in [0.2, 0.25) is 11.9 Å². The Labute approximate surface area is 184 Å². The van der Waals surface area contributed by atoms with Crippen molar-refractivity contribution in [3.05, 3.63) is 57.5 Å². The Morgan fingerprint density at radius 3 is 2.50 bits per heavy atom. The first-order valence-electron chi connectivity index (χ1n) is 10.8. The van der Waals surface area contributed by atoms with Crippen LogP contribution in [0.1, 0.15) is 19.8 Å². The maximum atomic E-state index is 12.8. The van der Waals surface area contributed by atoms with E-state index in [-0.39, 0.29) is 11.5 Å². The van der Waals surface area contributed by atoms with Crippen LogP contribution in [0.2, 0.25) is 0 Å². The van der Waals surface area contributed by atoms with Gasteiger partial charge in [0.05, 0.1) is 10.9 Å². The van der Waals surface area contributed by atoms with Gasteiger partial charge >= 0.3 is 5.69 Å². The van der Waals surface area contributed by atoms with Gasteiger partial charge in [-0.05, 0) is 43.7 Å². The fourth-order valence-electron chi connectivity index (χ4n) is 3.97. The number of nitrogens with zero attached hydrogens (tertiary/aromatic N) is 5. The smallest absolute Gasteiger partial charge is 0.328 e. The van der Waals surface area contributed by atoms with Gasteiger partial charge in [-0.25, -0.2) is 14.8 Å². The maximum Gasteiger partial charge on any atom is 0.328 e. The molecule has 10 nitrogen and oxygen atoms in total. The number of fused-ring (bicyclic) bond motifs is 1. The van der Waals surface area contributed by atoms with Crippen LogP contribution in [0.4, 0.5) is 11.6 Å². The van der Waals surface area contributed by atoms with Gasteiger partial charge in [-0.3, -0.25) is 19.1 Å². The van der Waals surface area contributed by atoms with Crippen molar-refractivity contribution in [2.75, 3.05) is 42.9 Å². The van der Waals surface area contributed by atoms with Crippen molar-refractivity contribution in [2.24, 2.45) is 0 Å². The van der Waals surface area contributed by atoms with Gasteiger partial charge in [0, 0.05) is 57.7 Å². The number of hydrogen-bond acceptors (Lipinski definition) is 7. The van der Waals surface area contributed by atoms with Crippen molar-refractivity contribution in [1.29, 1.82) is 0 Å². The molecule has 2 N–H and O–H groups in total. The Balaban J connectivity index is 1.30. The molecule has 1 fully saturated rings. The fourth-order valence-corrected chi connectivity index (χ4v) is 3.97. The lowest BCUT2D eigenvalue weighted by atomic mass is 10.2. The third kappa shape index (κ3) is 5.02. The van der Waals surface area contributed by atoms with E-state index in [1.54, 1.807) is 30.6 Å². The molecule has 1 aliphatic rings.